The van der Waals surface area contributed by atoms with Crippen molar-refractivity contribution >= 4 is 60.8 Å². The number of carboxylic acid groups (broad SMARTS) is 1. The first-order valence-corrected chi connectivity index (χ1v) is 11.6. The maximum absolute atomic E-state index is 12.6. The predicted molar refractivity (Wildman–Crippen MR) is 129 cm³/mol. The third-order valence-corrected chi connectivity index (χ3v) is 5.00. The first kappa shape index (κ1) is 31.4. The monoisotopic (exact) mass is 523 g/mol. The van der Waals surface area contributed by atoms with E-state index in [1.807, 2.05) is 0 Å². The number of rotatable bonds is 17. The van der Waals surface area contributed by atoms with Crippen molar-refractivity contribution in [3.63, 3.8) is 0 Å². The molecule has 14 nitrogen and oxygen atoms in total. The molecule has 16 heteroatoms. The van der Waals surface area contributed by atoms with Gasteiger partial charge < -0.3 is 43.2 Å². The second kappa shape index (κ2) is 17.9. The van der Waals surface area contributed by atoms with Crippen molar-refractivity contribution < 1.29 is 33.9 Å². The van der Waals surface area contributed by atoms with Gasteiger partial charge in [-0.25, -0.2) is 0 Å². The quantitative estimate of drug-likeness (QED) is 0.0655. The number of thiol groups is 2. The van der Waals surface area contributed by atoms with Crippen LogP contribution in [0.2, 0.25) is 0 Å². The van der Waals surface area contributed by atoms with Crippen LogP contribution in [-0.4, -0.2) is 96.4 Å². The lowest BCUT2D eigenvalue weighted by molar-refractivity contribution is -0.138. The van der Waals surface area contributed by atoms with E-state index in [0.29, 0.717) is 19.4 Å². The Morgan fingerprint density at radius 1 is 0.706 bits per heavy atom. The van der Waals surface area contributed by atoms with Crippen LogP contribution >= 0.6 is 25.3 Å². The molecule has 0 saturated heterocycles. The van der Waals surface area contributed by atoms with Gasteiger partial charge in [-0.3, -0.25) is 28.8 Å². The summed E-state index contributed by atoms with van der Waals surface area (Å²) in [7, 11) is 0. The van der Waals surface area contributed by atoms with Gasteiger partial charge in [-0.05, 0) is 25.8 Å². The fourth-order valence-electron chi connectivity index (χ4n) is 2.50. The van der Waals surface area contributed by atoms with Crippen LogP contribution in [0.25, 0.3) is 0 Å². The molecule has 0 radical (unpaired) electrons. The Labute approximate surface area is 207 Å². The summed E-state index contributed by atoms with van der Waals surface area (Å²) in [6.07, 6.45) is 1.32. The van der Waals surface area contributed by atoms with Gasteiger partial charge in [-0.15, -0.1) is 0 Å². The Morgan fingerprint density at radius 3 is 1.76 bits per heavy atom. The molecular formula is C18H33N7O7S2. The van der Waals surface area contributed by atoms with Crippen molar-refractivity contribution in [1.29, 1.82) is 0 Å². The van der Waals surface area contributed by atoms with Crippen molar-refractivity contribution in [2.24, 2.45) is 11.5 Å². The molecule has 0 unspecified atom stereocenters. The highest BCUT2D eigenvalue weighted by Crippen LogP contribution is 2.02. The molecule has 34 heavy (non-hydrogen) atoms. The number of hydrogen-bond donors (Lipinski definition) is 10. The number of unbranched alkanes of at least 4 members (excludes halogenated alkanes) is 1. The van der Waals surface area contributed by atoms with E-state index in [0.717, 1.165) is 0 Å². The van der Waals surface area contributed by atoms with Crippen LogP contribution in [0.4, 0.5) is 0 Å². The normalized spacial score (nSPS) is 13.1. The third kappa shape index (κ3) is 13.2. The molecule has 3 atom stereocenters. The lowest BCUT2D eigenvalue weighted by atomic mass is 10.1. The van der Waals surface area contributed by atoms with E-state index in [1.165, 1.54) is 0 Å². The molecule has 0 heterocycles. The van der Waals surface area contributed by atoms with Gasteiger partial charge in [0.15, 0.2) is 0 Å². The summed E-state index contributed by atoms with van der Waals surface area (Å²) in [4.78, 5) is 71.2. The first-order valence-electron chi connectivity index (χ1n) is 10.4. The van der Waals surface area contributed by atoms with Crippen LogP contribution in [0.3, 0.4) is 0 Å². The van der Waals surface area contributed by atoms with Gasteiger partial charge in [0.25, 0.3) is 0 Å². The smallest absolute Gasteiger partial charge is 0.322 e. The van der Waals surface area contributed by atoms with Crippen LogP contribution in [0.1, 0.15) is 19.3 Å². The zero-order chi connectivity index (χ0) is 26.1. The van der Waals surface area contributed by atoms with Crippen molar-refractivity contribution in [3.05, 3.63) is 0 Å². The van der Waals surface area contributed by atoms with E-state index in [4.69, 9.17) is 16.6 Å². The molecule has 0 saturated carbocycles. The number of hydrogen-bond acceptors (Lipinski definition) is 10. The molecule has 10 N–H and O–H groups in total. The molecule has 0 bridgehead atoms. The SMILES string of the molecule is NCCCC[C@H](NC(=O)[C@H](CS)NC(=O)CN)C(=O)NCC(=O)N[C@@H](CS)C(=O)NCC(=O)O. The molecule has 0 aliphatic heterocycles. The molecular weight excluding hydrogens is 490 g/mol. The number of carbonyl (C=O) groups excluding carboxylic acids is 5. The Hall–Kier alpha value is -2.56. The zero-order valence-electron chi connectivity index (χ0n) is 18.5. The van der Waals surface area contributed by atoms with E-state index >= 15 is 0 Å². The average Bonchev–Trinajstić information content (AvgIpc) is 2.81. The number of nitrogens with two attached hydrogens (primary N) is 2. The van der Waals surface area contributed by atoms with E-state index < -0.39 is 66.7 Å². The molecule has 0 fully saturated rings. The first-order chi connectivity index (χ1) is 16.1. The van der Waals surface area contributed by atoms with Crippen LogP contribution in [-0.2, 0) is 28.8 Å². The number of carbonyl (C=O) groups is 6. The highest BCUT2D eigenvalue weighted by Gasteiger charge is 2.26. The summed E-state index contributed by atoms with van der Waals surface area (Å²) in [5, 5.41) is 20.3. The summed E-state index contributed by atoms with van der Waals surface area (Å²) in [6, 6.07) is -3.16. The number of amides is 5. The maximum Gasteiger partial charge on any atom is 0.322 e. The summed E-state index contributed by atoms with van der Waals surface area (Å²) < 4.78 is 0. The van der Waals surface area contributed by atoms with Gasteiger partial charge in [0.05, 0.1) is 13.1 Å². The van der Waals surface area contributed by atoms with Gasteiger partial charge in [0.2, 0.25) is 29.5 Å². The molecule has 0 aromatic heterocycles. The number of carboxylic acids is 1. The molecule has 0 spiro atoms. The molecule has 0 aromatic carbocycles. The molecule has 0 rings (SSSR count). The Balaban J connectivity index is 4.98. The topological polar surface area (TPSA) is 235 Å². The lowest BCUT2D eigenvalue weighted by Gasteiger charge is -2.22. The van der Waals surface area contributed by atoms with Gasteiger partial charge in [-0.1, -0.05) is 0 Å². The van der Waals surface area contributed by atoms with Gasteiger partial charge in [-0.2, -0.15) is 25.3 Å². The summed E-state index contributed by atoms with van der Waals surface area (Å²) >= 11 is 7.97. The molecule has 5 amide bonds. The standard InChI is InChI=1S/C18H33N7O7S2/c19-4-2-1-3-10(25-18(32)12(9-34)23-13(26)5-20)16(30)21-6-14(27)24-11(8-33)17(31)22-7-15(28)29/h10-12,33-34H,1-9,19-20H2,(H,21,30)(H,22,31)(H,23,26)(H,24,27)(H,25,32)(H,28,29)/t10-,11-,12-/m0/s1. The maximum atomic E-state index is 12.6. The molecule has 194 valence electrons. The minimum absolute atomic E-state index is 0.0355. The van der Waals surface area contributed by atoms with Crippen molar-refractivity contribution in [1.82, 2.24) is 26.6 Å². The second-order valence-corrected chi connectivity index (χ2v) is 7.71. The third-order valence-electron chi connectivity index (χ3n) is 4.27. The van der Waals surface area contributed by atoms with E-state index in [9.17, 15) is 28.8 Å². The summed E-state index contributed by atoms with van der Waals surface area (Å²) in [5.74, 6) is -4.76. The fourth-order valence-corrected chi connectivity index (χ4v) is 3.01. The summed E-state index contributed by atoms with van der Waals surface area (Å²) in [6.45, 7) is -1.09. The van der Waals surface area contributed by atoms with E-state index in [-0.39, 0.29) is 24.5 Å². The van der Waals surface area contributed by atoms with Crippen molar-refractivity contribution in [2.75, 3.05) is 37.7 Å². The van der Waals surface area contributed by atoms with Crippen LogP contribution in [0.5, 0.6) is 0 Å². The van der Waals surface area contributed by atoms with E-state index in [2.05, 4.69) is 51.8 Å². The van der Waals surface area contributed by atoms with Gasteiger partial charge >= 0.3 is 5.97 Å². The Kier molecular flexibility index (Phi) is 16.5. The number of aliphatic carboxylic acids is 1. The summed E-state index contributed by atoms with van der Waals surface area (Å²) in [5.41, 5.74) is 10.7. The lowest BCUT2D eigenvalue weighted by Crippen LogP contribution is -2.56. The minimum atomic E-state index is -1.25. The average molecular weight is 524 g/mol. The predicted octanol–water partition coefficient (Wildman–Crippen LogP) is -4.29. The van der Waals surface area contributed by atoms with Crippen LogP contribution in [0, 0.1) is 0 Å². The largest absolute Gasteiger partial charge is 0.480 e. The van der Waals surface area contributed by atoms with Crippen LogP contribution in [0.15, 0.2) is 0 Å². The fraction of sp³-hybridized carbons (Fsp3) is 0.667. The highest BCUT2D eigenvalue weighted by molar-refractivity contribution is 7.80. The zero-order valence-corrected chi connectivity index (χ0v) is 20.3. The Morgan fingerprint density at radius 2 is 1.24 bits per heavy atom. The molecule has 0 aliphatic carbocycles. The number of nitrogens with one attached hydrogen (secondary N) is 5. The second-order valence-electron chi connectivity index (χ2n) is 6.98. The van der Waals surface area contributed by atoms with E-state index in [1.54, 1.807) is 0 Å². The minimum Gasteiger partial charge on any atom is -0.480 e. The van der Waals surface area contributed by atoms with Crippen molar-refractivity contribution in [3.8, 4) is 0 Å². The van der Waals surface area contributed by atoms with Crippen molar-refractivity contribution in [2.45, 2.75) is 37.4 Å². The molecule has 0 aromatic rings. The van der Waals surface area contributed by atoms with Crippen LogP contribution < -0.4 is 38.1 Å². The molecule has 0 aliphatic rings. The Bertz CT molecular complexity index is 727. The van der Waals surface area contributed by atoms with Gasteiger partial charge in [0.1, 0.15) is 24.7 Å². The highest BCUT2D eigenvalue weighted by atomic mass is 32.1. The van der Waals surface area contributed by atoms with Gasteiger partial charge in [0, 0.05) is 11.5 Å².